The molecule has 4 aromatic rings. The monoisotopic (exact) mass is 1000 g/mol. The number of thiazole rings is 1. The van der Waals surface area contributed by atoms with Crippen LogP contribution in [0.5, 0.6) is 5.75 Å². The Morgan fingerprint density at radius 2 is 1.64 bits per heavy atom. The summed E-state index contributed by atoms with van der Waals surface area (Å²) in [5.74, 6) is -0.998. The van der Waals surface area contributed by atoms with Gasteiger partial charge in [-0.1, -0.05) is 45.0 Å². The molecular weight excluding hydrogens is 946 g/mol. The molecule has 2 N–H and O–H groups in total. The number of halogens is 3. The van der Waals surface area contributed by atoms with E-state index in [9.17, 15) is 42.7 Å². The van der Waals surface area contributed by atoms with E-state index in [1.165, 1.54) is 11.0 Å². The average molecular weight is 1010 g/mol. The number of hydrogen-bond donors (Lipinski definition) is 2. The Morgan fingerprint density at radius 3 is 2.29 bits per heavy atom. The lowest BCUT2D eigenvalue weighted by Crippen LogP contribution is -2.57. The number of ketones is 1. The first-order chi connectivity index (χ1) is 33.1. The number of anilines is 2. The van der Waals surface area contributed by atoms with E-state index in [0.29, 0.717) is 31.1 Å². The van der Waals surface area contributed by atoms with Crippen LogP contribution in [0, 0.1) is 23.7 Å². The van der Waals surface area contributed by atoms with Crippen LogP contribution in [0.15, 0.2) is 72.2 Å². The summed E-state index contributed by atoms with van der Waals surface area (Å²) >= 11 is 7.20. The number of aliphatic hydroxyl groups is 1. The van der Waals surface area contributed by atoms with Crippen molar-refractivity contribution in [2.45, 2.75) is 110 Å². The quantitative estimate of drug-likeness (QED) is 0.0606. The summed E-state index contributed by atoms with van der Waals surface area (Å²) in [6.07, 6.45) is -2.52. The minimum atomic E-state index is -4.80. The predicted octanol–water partition coefficient (Wildman–Crippen LogP) is 8.20. The van der Waals surface area contributed by atoms with Gasteiger partial charge in [0.05, 0.1) is 70.9 Å². The van der Waals surface area contributed by atoms with Crippen LogP contribution < -0.4 is 19.9 Å². The largest absolute Gasteiger partial charge is 0.494 e. The maximum absolute atomic E-state index is 14.0. The summed E-state index contributed by atoms with van der Waals surface area (Å²) in [5, 5.41) is 22.6. The molecule has 3 aromatic carbocycles. The van der Waals surface area contributed by atoms with Gasteiger partial charge in [0.15, 0.2) is 10.9 Å². The van der Waals surface area contributed by atoms with Crippen LogP contribution in [0.25, 0.3) is 10.4 Å². The van der Waals surface area contributed by atoms with Crippen LogP contribution in [-0.2, 0) is 41.2 Å². The lowest BCUT2D eigenvalue weighted by Gasteiger charge is -2.35. The first kappa shape index (κ1) is 53.6. The number of aliphatic hydroxyl groups excluding tert-OH is 1. The highest BCUT2D eigenvalue weighted by molar-refractivity contribution is 7.81. The fourth-order valence-corrected chi connectivity index (χ4v) is 9.76. The number of aryl methyl sites for hydroxylation is 2. The Morgan fingerprint density at radius 1 is 0.971 bits per heavy atom. The van der Waals surface area contributed by atoms with E-state index in [0.717, 1.165) is 58.0 Å². The summed E-state index contributed by atoms with van der Waals surface area (Å²) in [6.45, 7) is 11.7. The van der Waals surface area contributed by atoms with Crippen molar-refractivity contribution in [3.8, 4) is 22.3 Å². The van der Waals surface area contributed by atoms with Crippen LogP contribution >= 0.6 is 23.6 Å². The Labute approximate surface area is 415 Å². The molecule has 2 aliphatic heterocycles. The Hall–Kier alpha value is -5.78. The minimum Gasteiger partial charge on any atom is -0.494 e. The highest BCUT2D eigenvalue weighted by Gasteiger charge is 2.51. The van der Waals surface area contributed by atoms with Gasteiger partial charge in [-0.2, -0.15) is 18.4 Å². The first-order valence-corrected chi connectivity index (χ1v) is 24.4. The molecule has 19 heteroatoms. The number of hydrogen-bond acceptors (Lipinski definition) is 12. The number of unbranched alkanes of at least 4 members (excludes halogenated alkanes) is 2. The predicted molar refractivity (Wildman–Crippen MR) is 263 cm³/mol. The molecule has 3 atom stereocenters. The molecule has 1 aromatic heterocycles. The van der Waals surface area contributed by atoms with E-state index in [1.54, 1.807) is 60.4 Å². The van der Waals surface area contributed by atoms with Crippen molar-refractivity contribution >= 4 is 63.5 Å². The highest BCUT2D eigenvalue weighted by Crippen LogP contribution is 2.40. The number of alkyl halides is 3. The van der Waals surface area contributed by atoms with E-state index >= 15 is 0 Å². The van der Waals surface area contributed by atoms with Crippen LogP contribution in [0.4, 0.5) is 24.5 Å². The summed E-state index contributed by atoms with van der Waals surface area (Å²) in [4.78, 5) is 63.5. The molecule has 6 rings (SSSR count). The van der Waals surface area contributed by atoms with Gasteiger partial charge < -0.3 is 34.4 Å². The van der Waals surface area contributed by atoms with Crippen LogP contribution in [-0.4, -0.2) is 107 Å². The highest BCUT2D eigenvalue weighted by atomic mass is 32.1. The minimum absolute atomic E-state index is 0.00257. The van der Waals surface area contributed by atoms with Gasteiger partial charge in [0, 0.05) is 31.7 Å². The maximum atomic E-state index is 14.0. The third kappa shape index (κ3) is 12.9. The molecular formula is C51H59F3N6O8S2. The Bertz CT molecular complexity index is 2560. The molecule has 2 fully saturated rings. The number of amides is 3. The topological polar surface area (TPSA) is 175 Å². The lowest BCUT2D eigenvalue weighted by atomic mass is 9.85. The number of thiocarbonyl (C=S) groups is 1. The molecule has 0 saturated carbocycles. The molecule has 2 saturated heterocycles. The second kappa shape index (κ2) is 23.0. The molecule has 0 bridgehead atoms. The number of ether oxygens (including phenoxy) is 3. The Kier molecular flexibility index (Phi) is 17.6. The van der Waals surface area contributed by atoms with Gasteiger partial charge >= 0.3 is 6.18 Å². The van der Waals surface area contributed by atoms with Crippen LogP contribution in [0.3, 0.4) is 0 Å². The molecule has 3 heterocycles. The molecule has 14 nitrogen and oxygen atoms in total. The summed E-state index contributed by atoms with van der Waals surface area (Å²) < 4.78 is 58.3. The normalized spacial score (nSPS) is 17.5. The Balaban J connectivity index is 0.867. The summed E-state index contributed by atoms with van der Waals surface area (Å²) in [6, 6.07) is 17.7. The van der Waals surface area contributed by atoms with E-state index in [1.807, 2.05) is 57.5 Å². The zero-order chi connectivity index (χ0) is 51.0. The zero-order valence-electron chi connectivity index (χ0n) is 40.1. The van der Waals surface area contributed by atoms with Gasteiger partial charge in [0.2, 0.25) is 11.8 Å². The molecule has 0 aliphatic carbocycles. The first-order valence-electron chi connectivity index (χ1n) is 23.1. The fourth-order valence-electron chi connectivity index (χ4n) is 8.42. The molecule has 3 amide bonds. The summed E-state index contributed by atoms with van der Waals surface area (Å²) in [7, 11) is 0. The summed E-state index contributed by atoms with van der Waals surface area (Å²) in [5.41, 5.74) is 1.65. The second-order valence-corrected chi connectivity index (χ2v) is 20.1. The van der Waals surface area contributed by atoms with Gasteiger partial charge in [-0.05, 0) is 118 Å². The van der Waals surface area contributed by atoms with Crippen molar-refractivity contribution in [2.24, 2.45) is 5.41 Å². The number of rotatable bonds is 21. The smallest absolute Gasteiger partial charge is 0.417 e. The molecule has 2 aliphatic rings. The fraction of sp³-hybridized carbons (Fsp3) is 0.471. The van der Waals surface area contributed by atoms with E-state index in [4.69, 9.17) is 26.4 Å². The van der Waals surface area contributed by atoms with Crippen molar-refractivity contribution in [1.29, 1.82) is 5.26 Å². The lowest BCUT2D eigenvalue weighted by molar-refractivity contribution is -0.144. The standard InChI is InChI=1S/C51H59F3N6O8S2/c1-32-44(70-31-56-32)34-13-10-33(11-14-34)12-21-42(62)41-27-38(61)29-58(41)46(64)45(49(2,3)4)57-43(63)30-67-25-24-66-22-8-7-9-23-68-39-19-17-36(18-20-39)60-48(69)59(47(65)50(60,5)6)37-16-15-35(28-55)40(26-37)51(52,53)54/h10-11,13-20,26,31,38,41,45,61H,7-9,12,21-25,27,29-30H2,1-6H3,(H,57,63)/t38-,41+,45-/m1/s1. The SMILES string of the molecule is Cc1ncsc1-c1ccc(CCC(=O)[C@@H]2C[C@@H](O)CN2C(=O)[C@@H](NC(=O)COCCOCCCCCOc2ccc(N3C(=S)N(c4ccc(C#N)c(C(F)(F)F)c4)C(=O)C3(C)C)cc2)C(C)(C)C)cc1. The molecule has 70 heavy (non-hydrogen) atoms. The van der Waals surface area contributed by atoms with Crippen molar-refractivity contribution in [2.75, 3.05) is 49.4 Å². The van der Waals surface area contributed by atoms with Gasteiger partial charge in [-0.3, -0.25) is 24.1 Å². The molecule has 374 valence electrons. The number of aromatic nitrogens is 1. The van der Waals surface area contributed by atoms with Crippen LogP contribution in [0.1, 0.15) is 89.1 Å². The van der Waals surface area contributed by atoms with Gasteiger partial charge in [-0.25, -0.2) is 4.98 Å². The number of benzene rings is 3. The average Bonchev–Trinajstić information content (AvgIpc) is 3.98. The van der Waals surface area contributed by atoms with Crippen molar-refractivity contribution in [3.63, 3.8) is 0 Å². The zero-order valence-corrected chi connectivity index (χ0v) is 41.8. The number of nitrogens with zero attached hydrogens (tertiary/aromatic N) is 5. The number of likely N-dealkylation sites (tertiary alicyclic amines) is 1. The third-order valence-corrected chi connectivity index (χ3v) is 13.6. The molecule has 0 spiro atoms. The van der Waals surface area contributed by atoms with Crippen molar-refractivity contribution < 1.29 is 51.7 Å². The van der Waals surface area contributed by atoms with Gasteiger partial charge in [0.1, 0.15) is 23.9 Å². The number of nitrogens with one attached hydrogen (secondary N) is 1. The van der Waals surface area contributed by atoms with Crippen LogP contribution in [0.2, 0.25) is 0 Å². The van der Waals surface area contributed by atoms with Gasteiger partial charge in [0.25, 0.3) is 5.91 Å². The molecule has 0 unspecified atom stereocenters. The van der Waals surface area contributed by atoms with E-state index in [-0.39, 0.29) is 55.8 Å². The number of Topliss-reactive ketones (excluding diaryl/α,β-unsaturated/α-hetero) is 1. The molecule has 0 radical (unpaired) electrons. The van der Waals surface area contributed by atoms with E-state index in [2.05, 4.69) is 10.3 Å². The maximum Gasteiger partial charge on any atom is 0.417 e. The van der Waals surface area contributed by atoms with Crippen molar-refractivity contribution in [1.82, 2.24) is 15.2 Å². The number of nitriles is 1. The third-order valence-electron chi connectivity index (χ3n) is 12.2. The number of β-amino-alcohol motifs (C(OH)–C–C–N with tert-alkyl or cyclic N) is 1. The van der Waals surface area contributed by atoms with Gasteiger partial charge in [-0.15, -0.1) is 11.3 Å². The second-order valence-electron chi connectivity index (χ2n) is 18.9. The number of carbonyl (C=O) groups is 4. The van der Waals surface area contributed by atoms with Crippen molar-refractivity contribution in [3.05, 3.63) is 94.6 Å². The number of carbonyl (C=O) groups excluding carboxylic acids is 4. The van der Waals surface area contributed by atoms with E-state index < -0.39 is 64.2 Å².